The minimum absolute atomic E-state index is 0.362. The van der Waals surface area contributed by atoms with Crippen LogP contribution in [0.2, 0.25) is 0 Å². The van der Waals surface area contributed by atoms with Gasteiger partial charge in [0.05, 0.1) is 12.9 Å². The first-order valence-electron chi connectivity index (χ1n) is 12.3. The zero-order chi connectivity index (χ0) is 27.0. The number of imidazole rings is 1. The molecule has 38 heavy (non-hydrogen) atoms. The third-order valence-electron chi connectivity index (χ3n) is 6.88. The molecule has 0 amide bonds. The summed E-state index contributed by atoms with van der Waals surface area (Å²) >= 11 is 0. The second kappa shape index (κ2) is 11.2. The van der Waals surface area contributed by atoms with Gasteiger partial charge in [-0.25, -0.2) is 15.0 Å². The molecule has 5 N–H and O–H groups in total. The molecule has 0 saturated carbocycles. The molecule has 3 aromatic rings. The minimum Gasteiger partial charge on any atom is -0.387 e. The molecule has 0 aliphatic carbocycles. The predicted octanol–water partition coefficient (Wildman–Crippen LogP) is 1.59. The third kappa shape index (κ3) is 5.91. The Morgan fingerprint density at radius 1 is 1.13 bits per heavy atom. The summed E-state index contributed by atoms with van der Waals surface area (Å²) in [6, 6.07) is 10.5. The van der Waals surface area contributed by atoms with E-state index in [1.165, 1.54) is 16.5 Å². The van der Waals surface area contributed by atoms with E-state index in [1.807, 2.05) is 6.07 Å². The Bertz CT molecular complexity index is 1300. The number of aliphatic hydroxyl groups is 2. The number of aliphatic hydroxyl groups excluding tert-OH is 2. The van der Waals surface area contributed by atoms with E-state index in [9.17, 15) is 19.7 Å². The molecule has 1 aromatic carbocycles. The summed E-state index contributed by atoms with van der Waals surface area (Å²) in [7, 11) is -6.88. The molecular weight excluding hydrogens is 536 g/mol. The molecule has 2 aromatic heterocycles. The maximum atomic E-state index is 11.1. The molecule has 0 bridgehead atoms. The van der Waals surface area contributed by atoms with Crippen molar-refractivity contribution in [3.05, 3.63) is 48.0 Å². The first-order valence-corrected chi connectivity index (χ1v) is 15.5. The van der Waals surface area contributed by atoms with Gasteiger partial charge in [0, 0.05) is 13.1 Å². The van der Waals surface area contributed by atoms with E-state index in [0.717, 1.165) is 25.9 Å². The predicted molar refractivity (Wildman–Crippen MR) is 139 cm³/mol. The summed E-state index contributed by atoms with van der Waals surface area (Å²) in [4.78, 5) is 43.7. The molecule has 13 nitrogen and oxygen atoms in total. The van der Waals surface area contributed by atoms with Crippen LogP contribution < -0.4 is 4.90 Å². The Kier molecular flexibility index (Phi) is 8.12. The fourth-order valence-corrected chi connectivity index (χ4v) is 6.93. The molecule has 5 rings (SSSR count). The molecule has 15 heteroatoms. The summed E-state index contributed by atoms with van der Waals surface area (Å²) in [6.07, 6.45) is -1.37. The Labute approximate surface area is 220 Å². The topological polar surface area (TPSA) is 184 Å². The van der Waals surface area contributed by atoms with E-state index in [2.05, 4.69) is 44.1 Å². The highest BCUT2D eigenvalue weighted by molar-refractivity contribution is 7.67. The fraction of sp³-hybridized carbons (Fsp3) is 0.522. The van der Waals surface area contributed by atoms with Gasteiger partial charge in [0.15, 0.2) is 31.6 Å². The van der Waals surface area contributed by atoms with Crippen LogP contribution in [0.5, 0.6) is 0 Å². The van der Waals surface area contributed by atoms with Gasteiger partial charge in [-0.3, -0.25) is 9.13 Å². The summed E-state index contributed by atoms with van der Waals surface area (Å²) < 4.78 is 23.5. The van der Waals surface area contributed by atoms with Crippen LogP contribution in [-0.2, 0) is 13.8 Å². The molecule has 5 atom stereocenters. The SMILES string of the molecule is Cc1nc(N2CCC(c3ccccc3)CC2)c2ncn(C3OC(COP(O)CP(=O)(O)O)C(O)C3O)c2n1. The van der Waals surface area contributed by atoms with Crippen molar-refractivity contribution >= 4 is 33.0 Å². The lowest BCUT2D eigenvalue weighted by Crippen LogP contribution is -2.34. The van der Waals surface area contributed by atoms with Crippen LogP contribution in [-0.4, -0.2) is 88.3 Å². The van der Waals surface area contributed by atoms with Crippen LogP contribution in [0.15, 0.2) is 36.7 Å². The van der Waals surface area contributed by atoms with Gasteiger partial charge in [0.1, 0.15) is 30.0 Å². The van der Waals surface area contributed by atoms with Crippen LogP contribution in [0.3, 0.4) is 0 Å². The number of aromatic nitrogens is 4. The highest BCUT2D eigenvalue weighted by Gasteiger charge is 2.45. The van der Waals surface area contributed by atoms with Crippen LogP contribution in [0.1, 0.15) is 36.4 Å². The minimum atomic E-state index is -4.46. The average Bonchev–Trinajstić information content (AvgIpc) is 3.42. The van der Waals surface area contributed by atoms with Crippen LogP contribution in [0, 0.1) is 6.92 Å². The molecule has 2 saturated heterocycles. The van der Waals surface area contributed by atoms with Gasteiger partial charge in [0.2, 0.25) is 0 Å². The van der Waals surface area contributed by atoms with Gasteiger partial charge in [-0.15, -0.1) is 0 Å². The number of hydrogen-bond donors (Lipinski definition) is 5. The van der Waals surface area contributed by atoms with Gasteiger partial charge in [-0.05, 0) is 31.2 Å². The molecule has 2 aliphatic heterocycles. The first-order chi connectivity index (χ1) is 18.1. The Balaban J connectivity index is 1.31. The van der Waals surface area contributed by atoms with E-state index in [1.54, 1.807) is 6.92 Å². The first kappa shape index (κ1) is 27.5. The maximum Gasteiger partial charge on any atom is 0.334 e. The molecular formula is C23H31N5O8P2. The van der Waals surface area contributed by atoms with Gasteiger partial charge < -0.3 is 39.1 Å². The van der Waals surface area contributed by atoms with Gasteiger partial charge >= 0.3 is 7.60 Å². The van der Waals surface area contributed by atoms with E-state index < -0.39 is 46.4 Å². The third-order valence-corrected chi connectivity index (χ3v) is 9.77. The lowest BCUT2D eigenvalue weighted by Gasteiger charge is -2.33. The average molecular weight is 567 g/mol. The van der Waals surface area contributed by atoms with Crippen molar-refractivity contribution in [3.8, 4) is 0 Å². The molecule has 5 unspecified atom stereocenters. The van der Waals surface area contributed by atoms with Crippen molar-refractivity contribution in [1.29, 1.82) is 0 Å². The lowest BCUT2D eigenvalue weighted by atomic mass is 9.89. The normalized spacial score (nSPS) is 25.8. The molecule has 0 radical (unpaired) electrons. The van der Waals surface area contributed by atoms with Gasteiger partial charge in [0.25, 0.3) is 0 Å². The highest BCUT2D eigenvalue weighted by Crippen LogP contribution is 2.49. The van der Waals surface area contributed by atoms with E-state index in [0.29, 0.717) is 28.7 Å². The molecule has 206 valence electrons. The van der Waals surface area contributed by atoms with E-state index in [-0.39, 0.29) is 6.61 Å². The smallest absolute Gasteiger partial charge is 0.334 e. The van der Waals surface area contributed by atoms with E-state index in [4.69, 9.17) is 19.0 Å². The number of nitrogens with zero attached hydrogens (tertiary/aromatic N) is 5. The van der Waals surface area contributed by atoms with E-state index >= 15 is 0 Å². The number of hydrogen-bond acceptors (Lipinski definition) is 10. The van der Waals surface area contributed by atoms with Crippen molar-refractivity contribution < 1.29 is 38.7 Å². The zero-order valence-corrected chi connectivity index (χ0v) is 22.5. The van der Waals surface area contributed by atoms with Crippen LogP contribution in [0.4, 0.5) is 5.82 Å². The van der Waals surface area contributed by atoms with Crippen molar-refractivity contribution in [2.45, 2.75) is 50.2 Å². The van der Waals surface area contributed by atoms with Crippen molar-refractivity contribution in [2.75, 3.05) is 30.5 Å². The number of anilines is 1. The summed E-state index contributed by atoms with van der Waals surface area (Å²) in [5.41, 5.74) is 2.33. The van der Waals surface area contributed by atoms with Gasteiger partial charge in [-0.1, -0.05) is 30.3 Å². The number of rotatable bonds is 8. The summed E-state index contributed by atoms with van der Waals surface area (Å²) in [5.74, 6) is 0.878. The number of ether oxygens (including phenoxy) is 1. The summed E-state index contributed by atoms with van der Waals surface area (Å²) in [6.45, 7) is 3.02. The number of piperidine rings is 1. The quantitative estimate of drug-likeness (QED) is 0.248. The highest BCUT2D eigenvalue weighted by atomic mass is 31.2. The molecule has 2 aliphatic rings. The van der Waals surface area contributed by atoms with Crippen molar-refractivity contribution in [3.63, 3.8) is 0 Å². The Morgan fingerprint density at radius 2 is 1.84 bits per heavy atom. The van der Waals surface area contributed by atoms with Crippen molar-refractivity contribution in [1.82, 2.24) is 19.5 Å². The second-order valence-electron chi connectivity index (χ2n) is 9.59. The Hall–Kier alpha value is -2.05. The molecule has 0 spiro atoms. The van der Waals surface area contributed by atoms with Crippen LogP contribution in [0.25, 0.3) is 11.2 Å². The molecule has 4 heterocycles. The standard InChI is InChI=1S/C23H31N5O8P2/c1-14-25-21(27-9-7-16(8-10-27)15-5-3-2-4-6-15)18-22(26-14)28(12-24-18)23-20(30)19(29)17(36-23)11-35-37(31)13-38(32,33)34/h2-6,12,16-17,19-20,23,29-31H,7-11,13H2,1H3,(H2,32,33,34). The fourth-order valence-electron chi connectivity index (χ4n) is 5.02. The lowest BCUT2D eigenvalue weighted by molar-refractivity contribution is -0.0472. The number of benzene rings is 1. The number of aryl methyl sites for hydroxylation is 1. The summed E-state index contributed by atoms with van der Waals surface area (Å²) in [5, 5.41) is 21.2. The molecule has 2 fully saturated rings. The van der Waals surface area contributed by atoms with Crippen molar-refractivity contribution in [2.24, 2.45) is 0 Å². The number of fused-ring (bicyclic) bond motifs is 1. The second-order valence-corrected chi connectivity index (χ2v) is 13.0. The van der Waals surface area contributed by atoms with Gasteiger partial charge in [-0.2, -0.15) is 0 Å². The largest absolute Gasteiger partial charge is 0.387 e. The maximum absolute atomic E-state index is 11.1. The zero-order valence-electron chi connectivity index (χ0n) is 20.7. The Morgan fingerprint density at radius 3 is 2.53 bits per heavy atom. The monoisotopic (exact) mass is 567 g/mol. The van der Waals surface area contributed by atoms with Crippen LogP contribution >= 0.6 is 16.0 Å².